The van der Waals surface area contributed by atoms with Gasteiger partial charge in [0.05, 0.1) is 0 Å². The maximum atomic E-state index is 13.4. The molecular formula is C16H15BrFNO2. The van der Waals surface area contributed by atoms with Crippen molar-refractivity contribution in [1.29, 1.82) is 0 Å². The SMILES string of the molecule is CN(Cc1ccc(Br)cc1)C(=O)COc1ccccc1F. The zero-order valence-corrected chi connectivity index (χ0v) is 13.1. The van der Waals surface area contributed by atoms with Crippen molar-refractivity contribution in [3.63, 3.8) is 0 Å². The number of nitrogens with zero attached hydrogens (tertiary/aromatic N) is 1. The first kappa shape index (κ1) is 15.5. The fourth-order valence-corrected chi connectivity index (χ4v) is 2.03. The highest BCUT2D eigenvalue weighted by Gasteiger charge is 2.11. The first-order valence-corrected chi connectivity index (χ1v) is 7.21. The molecule has 0 saturated heterocycles. The van der Waals surface area contributed by atoms with E-state index >= 15 is 0 Å². The topological polar surface area (TPSA) is 29.5 Å². The van der Waals surface area contributed by atoms with Crippen LogP contribution >= 0.6 is 15.9 Å². The van der Waals surface area contributed by atoms with Gasteiger partial charge in [0.1, 0.15) is 0 Å². The Labute approximate surface area is 131 Å². The van der Waals surface area contributed by atoms with Crippen molar-refractivity contribution < 1.29 is 13.9 Å². The molecule has 110 valence electrons. The van der Waals surface area contributed by atoms with Gasteiger partial charge in [-0.3, -0.25) is 4.79 Å². The summed E-state index contributed by atoms with van der Waals surface area (Å²) in [6, 6.07) is 13.7. The largest absolute Gasteiger partial charge is 0.481 e. The molecule has 0 aliphatic rings. The molecule has 2 aromatic rings. The monoisotopic (exact) mass is 351 g/mol. The fourth-order valence-electron chi connectivity index (χ4n) is 1.76. The highest BCUT2D eigenvalue weighted by Crippen LogP contribution is 2.15. The molecule has 0 heterocycles. The number of ether oxygens (including phenoxy) is 1. The number of halogens is 2. The van der Waals surface area contributed by atoms with Gasteiger partial charge in [-0.2, -0.15) is 0 Å². The Hall–Kier alpha value is -1.88. The minimum atomic E-state index is -0.471. The summed E-state index contributed by atoms with van der Waals surface area (Å²) in [6.45, 7) is 0.292. The Bertz CT molecular complexity index is 616. The van der Waals surface area contributed by atoms with Crippen LogP contribution in [0.25, 0.3) is 0 Å². The van der Waals surface area contributed by atoms with Crippen molar-refractivity contribution in [2.45, 2.75) is 6.54 Å². The van der Waals surface area contributed by atoms with E-state index in [9.17, 15) is 9.18 Å². The zero-order valence-electron chi connectivity index (χ0n) is 11.6. The van der Waals surface area contributed by atoms with Gasteiger partial charge in [-0.1, -0.05) is 40.2 Å². The summed E-state index contributed by atoms with van der Waals surface area (Å²) >= 11 is 3.36. The Balaban J connectivity index is 1.88. The summed E-state index contributed by atoms with van der Waals surface area (Å²) in [6.07, 6.45) is 0. The van der Waals surface area contributed by atoms with Crippen molar-refractivity contribution in [2.75, 3.05) is 13.7 Å². The van der Waals surface area contributed by atoms with E-state index in [1.165, 1.54) is 12.1 Å². The summed E-state index contributed by atoms with van der Waals surface area (Å²) in [5.41, 5.74) is 1.01. The number of carbonyl (C=O) groups is 1. The summed E-state index contributed by atoms with van der Waals surface area (Å²) in [4.78, 5) is 13.5. The van der Waals surface area contributed by atoms with Gasteiger partial charge in [0.2, 0.25) is 0 Å². The van der Waals surface area contributed by atoms with Gasteiger partial charge in [0, 0.05) is 18.1 Å². The standard InChI is InChI=1S/C16H15BrFNO2/c1-19(10-12-6-8-13(17)9-7-12)16(20)11-21-15-5-3-2-4-14(15)18/h2-9H,10-11H2,1H3. The number of benzene rings is 2. The molecule has 0 N–H and O–H groups in total. The smallest absolute Gasteiger partial charge is 0.260 e. The average Bonchev–Trinajstić information content (AvgIpc) is 2.48. The second-order valence-corrected chi connectivity index (χ2v) is 5.51. The molecule has 0 atom stereocenters. The van der Waals surface area contributed by atoms with Crippen molar-refractivity contribution in [2.24, 2.45) is 0 Å². The van der Waals surface area contributed by atoms with Crippen LogP contribution in [0.3, 0.4) is 0 Å². The van der Waals surface area contributed by atoms with Gasteiger partial charge in [-0.05, 0) is 29.8 Å². The third-order valence-corrected chi connectivity index (χ3v) is 3.48. The van der Waals surface area contributed by atoms with Crippen LogP contribution in [0.5, 0.6) is 5.75 Å². The lowest BCUT2D eigenvalue weighted by molar-refractivity contribution is -0.132. The van der Waals surface area contributed by atoms with Gasteiger partial charge < -0.3 is 9.64 Å². The average molecular weight is 352 g/mol. The lowest BCUT2D eigenvalue weighted by atomic mass is 10.2. The first-order chi connectivity index (χ1) is 10.1. The lowest BCUT2D eigenvalue weighted by Crippen LogP contribution is -2.31. The van der Waals surface area contributed by atoms with Crippen molar-refractivity contribution in [3.8, 4) is 5.75 Å². The molecule has 0 fully saturated rings. The number of likely N-dealkylation sites (N-methyl/N-ethyl adjacent to an activating group) is 1. The minimum absolute atomic E-state index is 0.0860. The molecule has 5 heteroatoms. The summed E-state index contributed by atoms with van der Waals surface area (Å²) in [5.74, 6) is -0.593. The van der Waals surface area contributed by atoms with E-state index in [2.05, 4.69) is 15.9 Å². The number of rotatable bonds is 5. The Morgan fingerprint density at radius 3 is 2.52 bits per heavy atom. The molecule has 0 unspecified atom stereocenters. The van der Waals surface area contributed by atoms with E-state index in [0.29, 0.717) is 6.54 Å². The van der Waals surface area contributed by atoms with Gasteiger partial charge in [0.25, 0.3) is 5.91 Å². The molecule has 0 radical (unpaired) electrons. The number of carbonyl (C=O) groups excluding carboxylic acids is 1. The molecule has 0 aliphatic heterocycles. The molecule has 21 heavy (non-hydrogen) atoms. The molecule has 0 spiro atoms. The third kappa shape index (κ3) is 4.56. The van der Waals surface area contributed by atoms with Crippen LogP contribution in [-0.2, 0) is 11.3 Å². The molecule has 2 aromatic carbocycles. The molecule has 0 aliphatic carbocycles. The van der Waals surface area contributed by atoms with E-state index in [-0.39, 0.29) is 18.3 Å². The van der Waals surface area contributed by atoms with Crippen molar-refractivity contribution in [3.05, 3.63) is 64.4 Å². The molecular weight excluding hydrogens is 337 g/mol. The number of hydrogen-bond donors (Lipinski definition) is 0. The normalized spacial score (nSPS) is 10.2. The predicted octanol–water partition coefficient (Wildman–Crippen LogP) is 3.63. The molecule has 0 saturated carbocycles. The van der Waals surface area contributed by atoms with Gasteiger partial charge >= 0.3 is 0 Å². The van der Waals surface area contributed by atoms with Gasteiger partial charge in [-0.15, -0.1) is 0 Å². The quantitative estimate of drug-likeness (QED) is 0.823. The van der Waals surface area contributed by atoms with Crippen molar-refractivity contribution in [1.82, 2.24) is 4.90 Å². The number of amides is 1. The molecule has 0 bridgehead atoms. The van der Waals surface area contributed by atoms with Crippen LogP contribution in [0.2, 0.25) is 0 Å². The predicted molar refractivity (Wildman–Crippen MR) is 82.5 cm³/mol. The summed E-state index contributed by atoms with van der Waals surface area (Å²) in [5, 5.41) is 0. The van der Waals surface area contributed by atoms with Crippen LogP contribution in [0.4, 0.5) is 4.39 Å². The van der Waals surface area contributed by atoms with Crippen LogP contribution < -0.4 is 4.74 Å². The maximum Gasteiger partial charge on any atom is 0.260 e. The number of hydrogen-bond acceptors (Lipinski definition) is 2. The minimum Gasteiger partial charge on any atom is -0.481 e. The Morgan fingerprint density at radius 1 is 1.19 bits per heavy atom. The second kappa shape index (κ2) is 7.22. The van der Waals surface area contributed by atoms with Crippen molar-refractivity contribution >= 4 is 21.8 Å². The Morgan fingerprint density at radius 2 is 1.86 bits per heavy atom. The van der Waals surface area contributed by atoms with E-state index in [1.54, 1.807) is 24.1 Å². The highest BCUT2D eigenvalue weighted by atomic mass is 79.9. The van der Waals surface area contributed by atoms with Crippen LogP contribution in [-0.4, -0.2) is 24.5 Å². The van der Waals surface area contributed by atoms with Gasteiger partial charge in [-0.25, -0.2) is 4.39 Å². The summed E-state index contributed by atoms with van der Waals surface area (Å²) < 4.78 is 19.6. The van der Waals surface area contributed by atoms with Crippen LogP contribution in [0, 0.1) is 5.82 Å². The number of para-hydroxylation sites is 1. The summed E-state index contributed by atoms with van der Waals surface area (Å²) in [7, 11) is 1.69. The highest BCUT2D eigenvalue weighted by molar-refractivity contribution is 9.10. The fraction of sp³-hybridized carbons (Fsp3) is 0.188. The van der Waals surface area contributed by atoms with E-state index in [4.69, 9.17) is 4.74 Å². The second-order valence-electron chi connectivity index (χ2n) is 4.60. The maximum absolute atomic E-state index is 13.4. The molecule has 3 nitrogen and oxygen atoms in total. The van der Waals surface area contributed by atoms with E-state index in [0.717, 1.165) is 10.0 Å². The Kier molecular flexibility index (Phi) is 5.33. The van der Waals surface area contributed by atoms with Crippen LogP contribution in [0.1, 0.15) is 5.56 Å². The molecule has 0 aromatic heterocycles. The van der Waals surface area contributed by atoms with Gasteiger partial charge in [0.15, 0.2) is 18.2 Å². The van der Waals surface area contributed by atoms with E-state index in [1.807, 2.05) is 24.3 Å². The molecule has 2 rings (SSSR count). The first-order valence-electron chi connectivity index (χ1n) is 6.42. The zero-order chi connectivity index (χ0) is 15.2. The van der Waals surface area contributed by atoms with E-state index < -0.39 is 5.82 Å². The van der Waals surface area contributed by atoms with Crippen LogP contribution in [0.15, 0.2) is 53.0 Å². The molecule has 1 amide bonds. The lowest BCUT2D eigenvalue weighted by Gasteiger charge is -2.17. The third-order valence-electron chi connectivity index (χ3n) is 2.95.